The highest BCUT2D eigenvalue weighted by molar-refractivity contribution is 5.73. The molecular formula is C15H18F3N3O2. The SMILES string of the molecule is CC1(c2cc(NC3CCOC3)ccc2F)N=C(N)OCC1(F)F. The summed E-state index contributed by atoms with van der Waals surface area (Å²) >= 11 is 0. The summed E-state index contributed by atoms with van der Waals surface area (Å²) in [5.74, 6) is -4.15. The van der Waals surface area contributed by atoms with Crippen LogP contribution in [0.4, 0.5) is 18.9 Å². The lowest BCUT2D eigenvalue weighted by molar-refractivity contribution is -0.117. The van der Waals surface area contributed by atoms with Crippen molar-refractivity contribution in [2.24, 2.45) is 10.7 Å². The zero-order valence-corrected chi connectivity index (χ0v) is 12.6. The van der Waals surface area contributed by atoms with Crippen LogP contribution in [0.3, 0.4) is 0 Å². The second-order valence-corrected chi connectivity index (χ2v) is 5.91. The lowest BCUT2D eigenvalue weighted by Gasteiger charge is -2.37. The Labute approximate surface area is 131 Å². The molecule has 0 aliphatic carbocycles. The van der Waals surface area contributed by atoms with Crippen LogP contribution in [-0.2, 0) is 15.0 Å². The first-order chi connectivity index (χ1) is 10.8. The Balaban J connectivity index is 1.98. The third-order valence-electron chi connectivity index (χ3n) is 4.24. The topological polar surface area (TPSA) is 68.9 Å². The molecule has 0 aromatic heterocycles. The third-order valence-corrected chi connectivity index (χ3v) is 4.24. The van der Waals surface area contributed by atoms with Gasteiger partial charge in [-0.15, -0.1) is 0 Å². The molecule has 3 rings (SSSR count). The highest BCUT2D eigenvalue weighted by Crippen LogP contribution is 2.44. The molecule has 5 nitrogen and oxygen atoms in total. The smallest absolute Gasteiger partial charge is 0.310 e. The van der Waals surface area contributed by atoms with E-state index >= 15 is 0 Å². The monoisotopic (exact) mass is 329 g/mol. The van der Waals surface area contributed by atoms with Gasteiger partial charge in [0.25, 0.3) is 6.02 Å². The molecule has 8 heteroatoms. The van der Waals surface area contributed by atoms with E-state index in [4.69, 9.17) is 10.5 Å². The van der Waals surface area contributed by atoms with Gasteiger partial charge in [0.15, 0.2) is 12.1 Å². The van der Waals surface area contributed by atoms with Crippen molar-refractivity contribution < 1.29 is 22.6 Å². The van der Waals surface area contributed by atoms with Gasteiger partial charge >= 0.3 is 5.92 Å². The molecule has 1 aromatic carbocycles. The molecule has 2 unspecified atom stereocenters. The molecule has 2 aliphatic heterocycles. The van der Waals surface area contributed by atoms with Crippen LogP contribution in [0, 0.1) is 5.82 Å². The molecule has 0 amide bonds. The summed E-state index contributed by atoms with van der Waals surface area (Å²) in [7, 11) is 0. The number of halogens is 3. The molecule has 1 fully saturated rings. The summed E-state index contributed by atoms with van der Waals surface area (Å²) < 4.78 is 52.8. The van der Waals surface area contributed by atoms with Gasteiger partial charge in [-0.05, 0) is 31.5 Å². The third kappa shape index (κ3) is 2.83. The van der Waals surface area contributed by atoms with Gasteiger partial charge in [-0.3, -0.25) is 0 Å². The number of benzene rings is 1. The second-order valence-electron chi connectivity index (χ2n) is 5.91. The van der Waals surface area contributed by atoms with Crippen LogP contribution in [0.1, 0.15) is 18.9 Å². The first kappa shape index (κ1) is 15.9. The van der Waals surface area contributed by atoms with Crippen molar-refractivity contribution in [3.05, 3.63) is 29.6 Å². The van der Waals surface area contributed by atoms with Crippen LogP contribution in [0.25, 0.3) is 0 Å². The molecule has 126 valence electrons. The minimum absolute atomic E-state index is 0.0740. The van der Waals surface area contributed by atoms with Crippen molar-refractivity contribution in [3.8, 4) is 0 Å². The van der Waals surface area contributed by atoms with Gasteiger partial charge < -0.3 is 20.5 Å². The van der Waals surface area contributed by atoms with Gasteiger partial charge in [-0.25, -0.2) is 9.38 Å². The fourth-order valence-electron chi connectivity index (χ4n) is 2.77. The summed E-state index contributed by atoms with van der Waals surface area (Å²) in [5.41, 5.74) is 3.62. The summed E-state index contributed by atoms with van der Waals surface area (Å²) in [4.78, 5) is 3.70. The van der Waals surface area contributed by atoms with E-state index in [2.05, 4.69) is 15.0 Å². The molecule has 0 spiro atoms. The van der Waals surface area contributed by atoms with Crippen molar-refractivity contribution in [2.75, 3.05) is 25.1 Å². The maximum Gasteiger partial charge on any atom is 0.310 e. The van der Waals surface area contributed by atoms with Crippen LogP contribution >= 0.6 is 0 Å². The Morgan fingerprint density at radius 1 is 1.39 bits per heavy atom. The molecule has 1 saturated heterocycles. The number of nitrogens with zero attached hydrogens (tertiary/aromatic N) is 1. The number of hydrogen-bond donors (Lipinski definition) is 2. The van der Waals surface area contributed by atoms with Crippen molar-refractivity contribution in [1.82, 2.24) is 0 Å². The molecule has 2 heterocycles. The van der Waals surface area contributed by atoms with Crippen molar-refractivity contribution >= 4 is 11.7 Å². The van der Waals surface area contributed by atoms with Gasteiger partial charge in [0.05, 0.1) is 12.6 Å². The van der Waals surface area contributed by atoms with Crippen LogP contribution in [0.15, 0.2) is 23.2 Å². The van der Waals surface area contributed by atoms with E-state index in [1.165, 1.54) is 12.1 Å². The Morgan fingerprint density at radius 2 is 2.17 bits per heavy atom. The largest absolute Gasteiger partial charge is 0.459 e. The fraction of sp³-hybridized carbons (Fsp3) is 0.533. The Kier molecular flexibility index (Phi) is 3.87. The second kappa shape index (κ2) is 5.59. The average molecular weight is 329 g/mol. The van der Waals surface area contributed by atoms with E-state index in [1.54, 1.807) is 0 Å². The van der Waals surface area contributed by atoms with E-state index in [0.717, 1.165) is 19.4 Å². The number of amidine groups is 1. The minimum Gasteiger partial charge on any atom is -0.459 e. The molecule has 0 bridgehead atoms. The number of alkyl halides is 2. The zero-order valence-electron chi connectivity index (χ0n) is 12.6. The van der Waals surface area contributed by atoms with E-state index in [9.17, 15) is 13.2 Å². The molecule has 0 radical (unpaired) electrons. The summed E-state index contributed by atoms with van der Waals surface area (Å²) in [6, 6.07) is 3.70. The Hall–Kier alpha value is -1.96. The van der Waals surface area contributed by atoms with Gasteiger partial charge in [-0.1, -0.05) is 0 Å². The maximum absolute atomic E-state index is 14.3. The number of aliphatic imine (C=N–C) groups is 1. The Morgan fingerprint density at radius 3 is 2.87 bits per heavy atom. The first-order valence-corrected chi connectivity index (χ1v) is 7.32. The molecule has 0 saturated carbocycles. The van der Waals surface area contributed by atoms with Gasteiger partial charge in [0.1, 0.15) is 5.82 Å². The number of ether oxygens (including phenoxy) is 2. The van der Waals surface area contributed by atoms with Crippen molar-refractivity contribution in [3.63, 3.8) is 0 Å². The van der Waals surface area contributed by atoms with Crippen molar-refractivity contribution in [1.29, 1.82) is 0 Å². The van der Waals surface area contributed by atoms with Gasteiger partial charge in [-0.2, -0.15) is 8.78 Å². The quantitative estimate of drug-likeness (QED) is 0.892. The lowest BCUT2D eigenvalue weighted by atomic mass is 9.85. The molecule has 1 aromatic rings. The van der Waals surface area contributed by atoms with E-state index in [-0.39, 0.29) is 17.6 Å². The Bertz CT molecular complexity index is 632. The first-order valence-electron chi connectivity index (χ1n) is 7.32. The van der Waals surface area contributed by atoms with Crippen LogP contribution in [0.5, 0.6) is 0 Å². The number of anilines is 1. The predicted octanol–water partition coefficient (Wildman–Crippen LogP) is 2.22. The predicted molar refractivity (Wildman–Crippen MR) is 79.1 cm³/mol. The van der Waals surface area contributed by atoms with Gasteiger partial charge in [0.2, 0.25) is 0 Å². The standard InChI is InChI=1S/C15H18F3N3O2/c1-14(15(17,18)8-23-13(19)21-14)11-6-9(2-3-12(11)16)20-10-4-5-22-7-10/h2-3,6,10,20H,4-5,7-8H2,1H3,(H2,19,21). The minimum atomic E-state index is -3.38. The van der Waals surface area contributed by atoms with E-state index in [1.807, 2.05) is 0 Å². The summed E-state index contributed by atoms with van der Waals surface area (Å²) in [6.45, 7) is 1.38. The molecule has 23 heavy (non-hydrogen) atoms. The summed E-state index contributed by atoms with van der Waals surface area (Å²) in [5, 5.41) is 3.16. The number of hydrogen-bond acceptors (Lipinski definition) is 5. The van der Waals surface area contributed by atoms with E-state index < -0.39 is 23.9 Å². The maximum atomic E-state index is 14.3. The zero-order chi connectivity index (χ0) is 16.7. The van der Waals surface area contributed by atoms with E-state index in [0.29, 0.717) is 18.9 Å². The molecule has 2 atom stereocenters. The summed E-state index contributed by atoms with van der Waals surface area (Å²) in [6.07, 6.45) is 0.805. The normalized spacial score (nSPS) is 29.7. The number of nitrogens with two attached hydrogens (primary N) is 1. The van der Waals surface area contributed by atoms with Crippen molar-refractivity contribution in [2.45, 2.75) is 30.8 Å². The number of rotatable bonds is 3. The molecule has 2 aliphatic rings. The van der Waals surface area contributed by atoms with Crippen LogP contribution < -0.4 is 11.1 Å². The van der Waals surface area contributed by atoms with Crippen LogP contribution in [0.2, 0.25) is 0 Å². The highest BCUT2D eigenvalue weighted by Gasteiger charge is 2.56. The average Bonchev–Trinajstić information content (AvgIpc) is 2.99. The number of nitrogens with one attached hydrogen (secondary N) is 1. The lowest BCUT2D eigenvalue weighted by Crippen LogP contribution is -2.51. The fourth-order valence-corrected chi connectivity index (χ4v) is 2.77. The molecular weight excluding hydrogens is 311 g/mol. The highest BCUT2D eigenvalue weighted by atomic mass is 19.3. The van der Waals surface area contributed by atoms with Gasteiger partial charge in [0, 0.05) is 17.9 Å². The van der Waals surface area contributed by atoms with Crippen LogP contribution in [-0.4, -0.2) is 37.8 Å². The molecule has 3 N–H and O–H groups in total.